The molecule has 0 fully saturated rings. The molecule has 1 aromatic heterocycles. The average molecular weight is 641 g/mol. The Labute approximate surface area is 245 Å². The molecule has 0 aliphatic carbocycles. The van der Waals surface area contributed by atoms with E-state index in [-0.39, 0.29) is 17.9 Å². The van der Waals surface area contributed by atoms with E-state index in [0.29, 0.717) is 17.2 Å². The Kier molecular flexibility index (Phi) is 8.46. The van der Waals surface area contributed by atoms with Crippen LogP contribution in [-0.2, 0) is 30.8 Å². The summed E-state index contributed by atoms with van der Waals surface area (Å²) >= 11 is 4.70. The Balaban J connectivity index is 1.25. The van der Waals surface area contributed by atoms with Gasteiger partial charge in [0.1, 0.15) is 0 Å². The van der Waals surface area contributed by atoms with Gasteiger partial charge in [0.05, 0.1) is 23.1 Å². The first kappa shape index (κ1) is 28.2. The number of halogens is 1. The van der Waals surface area contributed by atoms with Crippen LogP contribution >= 0.6 is 27.3 Å². The summed E-state index contributed by atoms with van der Waals surface area (Å²) in [6.45, 7) is 1.61. The van der Waals surface area contributed by atoms with Crippen LogP contribution in [0, 0.1) is 6.92 Å². The lowest BCUT2D eigenvalue weighted by Gasteiger charge is -2.36. The van der Waals surface area contributed by atoms with Crippen molar-refractivity contribution in [2.24, 2.45) is 0 Å². The van der Waals surface area contributed by atoms with Gasteiger partial charge in [0.15, 0.2) is 11.7 Å². The van der Waals surface area contributed by atoms with Gasteiger partial charge in [-0.05, 0) is 48.7 Å². The van der Waals surface area contributed by atoms with E-state index in [2.05, 4.69) is 26.2 Å². The number of sulfonamides is 1. The maximum absolute atomic E-state index is 13.6. The molecule has 5 rings (SSSR count). The largest absolute Gasteiger partial charge is 0.456 e. The minimum atomic E-state index is -3.88. The molecule has 4 aromatic rings. The molecular formula is C29H26BrN3O5S2. The van der Waals surface area contributed by atoms with Crippen molar-refractivity contribution < 1.29 is 22.7 Å². The molecular weight excluding hydrogens is 614 g/mol. The van der Waals surface area contributed by atoms with Crippen molar-refractivity contribution in [3.05, 3.63) is 99.3 Å². The molecule has 0 saturated carbocycles. The zero-order valence-corrected chi connectivity index (χ0v) is 24.8. The van der Waals surface area contributed by atoms with E-state index in [1.54, 1.807) is 24.3 Å². The normalized spacial score (nSPS) is 15.3. The van der Waals surface area contributed by atoms with Crippen LogP contribution in [0.15, 0.2) is 87.5 Å². The SMILES string of the molecule is Cc1ccc(S(=O)(=O)N2CCc3ccccc3C2CC(=O)OCC(=O)Nc2nc(-c3cccc(Br)c3)cs2)cc1. The highest BCUT2D eigenvalue weighted by Crippen LogP contribution is 2.36. The third kappa shape index (κ3) is 6.33. The van der Waals surface area contributed by atoms with Crippen molar-refractivity contribution in [3.63, 3.8) is 0 Å². The molecule has 0 bridgehead atoms. The molecule has 0 spiro atoms. The number of aryl methyl sites for hydroxylation is 1. The highest BCUT2D eigenvalue weighted by molar-refractivity contribution is 9.10. The van der Waals surface area contributed by atoms with Gasteiger partial charge in [0, 0.05) is 22.0 Å². The van der Waals surface area contributed by atoms with E-state index in [0.717, 1.165) is 26.7 Å². The molecule has 0 saturated heterocycles. The smallest absolute Gasteiger partial charge is 0.308 e. The minimum Gasteiger partial charge on any atom is -0.456 e. The molecule has 11 heteroatoms. The number of nitrogens with zero attached hydrogens (tertiary/aromatic N) is 2. The number of hydrogen-bond acceptors (Lipinski definition) is 7. The number of aromatic nitrogens is 1. The molecule has 2 heterocycles. The zero-order chi connectivity index (χ0) is 28.3. The first-order chi connectivity index (χ1) is 19.2. The number of hydrogen-bond donors (Lipinski definition) is 1. The lowest BCUT2D eigenvalue weighted by atomic mass is 9.92. The lowest BCUT2D eigenvalue weighted by molar-refractivity contribution is -0.148. The Morgan fingerprint density at radius 3 is 2.65 bits per heavy atom. The molecule has 1 unspecified atom stereocenters. The zero-order valence-electron chi connectivity index (χ0n) is 21.5. The standard InChI is InChI=1S/C29H26BrN3O5S2/c1-19-9-11-23(12-10-19)40(36,37)33-14-13-20-5-2-3-8-24(20)26(33)16-28(35)38-17-27(34)32-29-31-25(18-39-29)21-6-4-7-22(30)15-21/h2-12,15,18,26H,13-14,16-17H2,1H3,(H,31,32,34). The highest BCUT2D eigenvalue weighted by atomic mass is 79.9. The lowest BCUT2D eigenvalue weighted by Crippen LogP contribution is -2.41. The second-order valence-corrected chi connectivity index (χ2v) is 13.0. The van der Waals surface area contributed by atoms with Gasteiger partial charge in [-0.2, -0.15) is 4.31 Å². The van der Waals surface area contributed by atoms with Crippen LogP contribution in [-0.4, -0.2) is 42.7 Å². The number of carbonyl (C=O) groups is 2. The molecule has 1 atom stereocenters. The van der Waals surface area contributed by atoms with Crippen molar-refractivity contribution in [1.82, 2.24) is 9.29 Å². The van der Waals surface area contributed by atoms with Gasteiger partial charge in [-0.25, -0.2) is 13.4 Å². The van der Waals surface area contributed by atoms with Crippen molar-refractivity contribution in [2.75, 3.05) is 18.5 Å². The van der Waals surface area contributed by atoms with Gasteiger partial charge in [-0.15, -0.1) is 11.3 Å². The Morgan fingerprint density at radius 2 is 1.88 bits per heavy atom. The maximum Gasteiger partial charge on any atom is 0.308 e. The number of rotatable bonds is 8. The van der Waals surface area contributed by atoms with Crippen LogP contribution in [0.2, 0.25) is 0 Å². The number of thiazole rings is 1. The van der Waals surface area contributed by atoms with Crippen molar-refractivity contribution in [1.29, 1.82) is 0 Å². The average Bonchev–Trinajstić information content (AvgIpc) is 3.41. The molecule has 1 aliphatic heterocycles. The topological polar surface area (TPSA) is 106 Å². The molecule has 0 radical (unpaired) electrons. The van der Waals surface area contributed by atoms with Crippen molar-refractivity contribution >= 4 is 54.3 Å². The summed E-state index contributed by atoms with van der Waals surface area (Å²) in [6, 6.07) is 21.0. The summed E-state index contributed by atoms with van der Waals surface area (Å²) in [5.41, 5.74) is 4.30. The second kappa shape index (κ2) is 12.0. The van der Waals surface area contributed by atoms with Crippen molar-refractivity contribution in [2.45, 2.75) is 30.7 Å². The molecule has 40 heavy (non-hydrogen) atoms. The summed E-state index contributed by atoms with van der Waals surface area (Å²) in [4.78, 5) is 30.0. The third-order valence-electron chi connectivity index (χ3n) is 6.59. The van der Waals surface area contributed by atoms with Gasteiger partial charge in [0.2, 0.25) is 10.0 Å². The number of carbonyl (C=O) groups excluding carboxylic acids is 2. The predicted molar refractivity (Wildman–Crippen MR) is 157 cm³/mol. The monoisotopic (exact) mass is 639 g/mol. The molecule has 1 aliphatic rings. The van der Waals surface area contributed by atoms with E-state index in [4.69, 9.17) is 4.74 Å². The number of benzene rings is 3. The van der Waals surface area contributed by atoms with Gasteiger partial charge in [-0.1, -0.05) is 70.0 Å². The maximum atomic E-state index is 13.6. The quantitative estimate of drug-likeness (QED) is 0.246. The van der Waals surface area contributed by atoms with E-state index < -0.39 is 34.5 Å². The minimum absolute atomic E-state index is 0.168. The van der Waals surface area contributed by atoms with Gasteiger partial charge >= 0.3 is 5.97 Å². The predicted octanol–water partition coefficient (Wildman–Crippen LogP) is 5.74. The number of esters is 1. The number of ether oxygens (including phenoxy) is 1. The fourth-order valence-corrected chi connectivity index (χ4v) is 7.34. The van der Waals surface area contributed by atoms with Crippen LogP contribution in [0.4, 0.5) is 5.13 Å². The van der Waals surface area contributed by atoms with Gasteiger partial charge in [0.25, 0.3) is 5.91 Å². The molecule has 1 N–H and O–H groups in total. The summed E-state index contributed by atoms with van der Waals surface area (Å²) in [5.74, 6) is -1.20. The Hall–Kier alpha value is -3.38. The number of anilines is 1. The number of amides is 1. The third-order valence-corrected chi connectivity index (χ3v) is 9.76. The van der Waals surface area contributed by atoms with Crippen LogP contribution in [0.1, 0.15) is 29.2 Å². The van der Waals surface area contributed by atoms with E-state index in [1.807, 2.05) is 60.8 Å². The number of nitrogens with one attached hydrogen (secondary N) is 1. The Morgan fingerprint density at radius 1 is 1.10 bits per heavy atom. The summed E-state index contributed by atoms with van der Waals surface area (Å²) in [5, 5.41) is 4.86. The summed E-state index contributed by atoms with van der Waals surface area (Å²) in [6.07, 6.45) is 0.310. The first-order valence-corrected chi connectivity index (χ1v) is 15.7. The van der Waals surface area contributed by atoms with Crippen LogP contribution < -0.4 is 5.32 Å². The molecule has 3 aromatic carbocycles. The summed E-state index contributed by atoms with van der Waals surface area (Å²) in [7, 11) is -3.88. The van der Waals surface area contributed by atoms with E-state index in [1.165, 1.54) is 15.6 Å². The Bertz CT molecular complexity index is 1650. The van der Waals surface area contributed by atoms with Crippen LogP contribution in [0.25, 0.3) is 11.3 Å². The fourth-order valence-electron chi connectivity index (χ4n) is 4.60. The second-order valence-electron chi connectivity index (χ2n) is 9.35. The number of fused-ring (bicyclic) bond motifs is 1. The fraction of sp³-hybridized carbons (Fsp3) is 0.207. The highest BCUT2D eigenvalue weighted by Gasteiger charge is 2.37. The van der Waals surface area contributed by atoms with Crippen molar-refractivity contribution in [3.8, 4) is 11.3 Å². The molecule has 1 amide bonds. The van der Waals surface area contributed by atoms with Gasteiger partial charge < -0.3 is 4.74 Å². The van der Waals surface area contributed by atoms with E-state index >= 15 is 0 Å². The first-order valence-electron chi connectivity index (χ1n) is 12.5. The summed E-state index contributed by atoms with van der Waals surface area (Å²) < 4.78 is 34.7. The van der Waals surface area contributed by atoms with Gasteiger partial charge in [-0.3, -0.25) is 14.9 Å². The molecule has 206 valence electrons. The molecule has 8 nitrogen and oxygen atoms in total. The van der Waals surface area contributed by atoms with Crippen LogP contribution in [0.5, 0.6) is 0 Å². The van der Waals surface area contributed by atoms with Crippen LogP contribution in [0.3, 0.4) is 0 Å². The van der Waals surface area contributed by atoms with E-state index in [9.17, 15) is 18.0 Å².